The van der Waals surface area contributed by atoms with Gasteiger partial charge in [-0.3, -0.25) is 4.79 Å². The molecule has 2 nitrogen and oxygen atoms in total. The SMILES string of the molecule is CCCC1(C)CCC(=O)c2cc(C)c(O)cc21. The Labute approximate surface area is 103 Å². The molecule has 1 aromatic carbocycles. The van der Waals surface area contributed by atoms with Gasteiger partial charge < -0.3 is 5.11 Å². The average molecular weight is 232 g/mol. The normalized spacial score (nSPS) is 23.6. The van der Waals surface area contributed by atoms with Crippen molar-refractivity contribution in [2.24, 2.45) is 0 Å². The van der Waals surface area contributed by atoms with Gasteiger partial charge in [-0.05, 0) is 48.4 Å². The Hall–Kier alpha value is -1.31. The van der Waals surface area contributed by atoms with E-state index in [9.17, 15) is 9.90 Å². The molecule has 1 aliphatic carbocycles. The zero-order chi connectivity index (χ0) is 12.6. The van der Waals surface area contributed by atoms with Crippen molar-refractivity contribution in [3.8, 4) is 5.75 Å². The minimum absolute atomic E-state index is 0.0448. The van der Waals surface area contributed by atoms with E-state index >= 15 is 0 Å². The van der Waals surface area contributed by atoms with Crippen LogP contribution >= 0.6 is 0 Å². The van der Waals surface area contributed by atoms with Gasteiger partial charge in [-0.2, -0.15) is 0 Å². The zero-order valence-electron chi connectivity index (χ0n) is 10.8. The molecule has 0 spiro atoms. The molecule has 1 N–H and O–H groups in total. The topological polar surface area (TPSA) is 37.3 Å². The van der Waals surface area contributed by atoms with Crippen LogP contribution < -0.4 is 0 Å². The molecule has 0 aromatic heterocycles. The van der Waals surface area contributed by atoms with Gasteiger partial charge in [0.25, 0.3) is 0 Å². The van der Waals surface area contributed by atoms with Crippen LogP contribution in [0.1, 0.15) is 61.0 Å². The first-order chi connectivity index (χ1) is 7.98. The third-order valence-electron chi connectivity index (χ3n) is 3.99. The number of ketones is 1. The zero-order valence-corrected chi connectivity index (χ0v) is 10.8. The molecule has 0 amide bonds. The lowest BCUT2D eigenvalue weighted by atomic mass is 9.68. The maximum Gasteiger partial charge on any atom is 0.163 e. The number of fused-ring (bicyclic) bond motifs is 1. The Balaban J connectivity index is 2.59. The summed E-state index contributed by atoms with van der Waals surface area (Å²) in [4.78, 5) is 12.0. The van der Waals surface area contributed by atoms with E-state index in [1.54, 1.807) is 6.07 Å². The summed E-state index contributed by atoms with van der Waals surface area (Å²) in [6, 6.07) is 3.65. The molecule has 1 aromatic rings. The van der Waals surface area contributed by atoms with Crippen LogP contribution in [0.15, 0.2) is 12.1 Å². The minimum Gasteiger partial charge on any atom is -0.508 e. The molecular formula is C15H20O2. The average Bonchev–Trinajstić information content (AvgIpc) is 2.28. The van der Waals surface area contributed by atoms with Crippen LogP contribution in [0.5, 0.6) is 5.75 Å². The highest BCUT2D eigenvalue weighted by Gasteiger charge is 2.35. The van der Waals surface area contributed by atoms with Crippen molar-refractivity contribution < 1.29 is 9.90 Å². The summed E-state index contributed by atoms with van der Waals surface area (Å²) in [5, 5.41) is 9.85. The van der Waals surface area contributed by atoms with E-state index in [2.05, 4.69) is 13.8 Å². The maximum absolute atomic E-state index is 12.0. The number of benzene rings is 1. The molecule has 0 bridgehead atoms. The second-order valence-corrected chi connectivity index (χ2v) is 5.42. The number of aryl methyl sites for hydroxylation is 1. The fourth-order valence-electron chi connectivity index (χ4n) is 2.90. The van der Waals surface area contributed by atoms with E-state index in [1.165, 1.54) is 0 Å². The van der Waals surface area contributed by atoms with Gasteiger partial charge in [0.15, 0.2) is 5.78 Å². The van der Waals surface area contributed by atoms with E-state index in [0.29, 0.717) is 12.2 Å². The van der Waals surface area contributed by atoms with E-state index in [0.717, 1.165) is 36.0 Å². The summed E-state index contributed by atoms with van der Waals surface area (Å²) in [5.74, 6) is 0.525. The fraction of sp³-hybridized carbons (Fsp3) is 0.533. The van der Waals surface area contributed by atoms with Gasteiger partial charge in [0, 0.05) is 12.0 Å². The standard InChI is InChI=1S/C15H20O2/c1-4-6-15(3)7-5-13(16)11-8-10(2)14(17)9-12(11)15/h8-9,17H,4-7H2,1-3H3. The second-order valence-electron chi connectivity index (χ2n) is 5.42. The number of hydrogen-bond donors (Lipinski definition) is 1. The number of rotatable bonds is 2. The quantitative estimate of drug-likeness (QED) is 0.843. The smallest absolute Gasteiger partial charge is 0.163 e. The Morgan fingerprint density at radius 3 is 2.76 bits per heavy atom. The summed E-state index contributed by atoms with van der Waals surface area (Å²) in [7, 11) is 0. The third kappa shape index (κ3) is 1.97. The largest absolute Gasteiger partial charge is 0.508 e. The van der Waals surface area contributed by atoms with Gasteiger partial charge in [0.2, 0.25) is 0 Å². The predicted octanol–water partition coefficient (Wildman–Crippen LogP) is 3.73. The van der Waals surface area contributed by atoms with Crippen molar-refractivity contribution in [3.63, 3.8) is 0 Å². The predicted molar refractivity (Wildman–Crippen MR) is 68.7 cm³/mol. The van der Waals surface area contributed by atoms with Crippen LogP contribution in [-0.4, -0.2) is 10.9 Å². The van der Waals surface area contributed by atoms with Crippen LogP contribution in [0.2, 0.25) is 0 Å². The van der Waals surface area contributed by atoms with Crippen molar-refractivity contribution >= 4 is 5.78 Å². The van der Waals surface area contributed by atoms with Crippen LogP contribution in [0, 0.1) is 6.92 Å². The molecule has 0 saturated heterocycles. The van der Waals surface area contributed by atoms with Crippen molar-refractivity contribution in [1.82, 2.24) is 0 Å². The number of phenols is 1. The summed E-state index contributed by atoms with van der Waals surface area (Å²) in [5.41, 5.74) is 2.70. The Morgan fingerprint density at radius 1 is 1.41 bits per heavy atom. The van der Waals surface area contributed by atoms with Crippen LogP contribution in [0.3, 0.4) is 0 Å². The number of Topliss-reactive ketones (excluding diaryl/α,β-unsaturated/α-hetero) is 1. The fourth-order valence-corrected chi connectivity index (χ4v) is 2.90. The van der Waals surface area contributed by atoms with Gasteiger partial charge in [0.1, 0.15) is 5.75 Å². The molecule has 2 heteroatoms. The number of phenolic OH excluding ortho intramolecular Hbond substituents is 1. The second kappa shape index (κ2) is 4.17. The lowest BCUT2D eigenvalue weighted by Crippen LogP contribution is -2.30. The van der Waals surface area contributed by atoms with Crippen LogP contribution in [0.25, 0.3) is 0 Å². The summed E-state index contributed by atoms with van der Waals surface area (Å²) < 4.78 is 0. The molecule has 17 heavy (non-hydrogen) atoms. The van der Waals surface area contributed by atoms with E-state index in [-0.39, 0.29) is 11.2 Å². The van der Waals surface area contributed by atoms with E-state index < -0.39 is 0 Å². The Bertz CT molecular complexity index is 462. The van der Waals surface area contributed by atoms with Crippen molar-refractivity contribution in [3.05, 3.63) is 28.8 Å². The molecule has 0 fully saturated rings. The lowest BCUT2D eigenvalue weighted by molar-refractivity contribution is 0.0951. The van der Waals surface area contributed by atoms with Gasteiger partial charge in [0.05, 0.1) is 0 Å². The minimum atomic E-state index is 0.0448. The number of hydrogen-bond acceptors (Lipinski definition) is 2. The molecule has 92 valence electrons. The van der Waals surface area contributed by atoms with Crippen LogP contribution in [0.4, 0.5) is 0 Å². The highest BCUT2D eigenvalue weighted by molar-refractivity contribution is 5.99. The van der Waals surface area contributed by atoms with Crippen LogP contribution in [-0.2, 0) is 5.41 Å². The van der Waals surface area contributed by atoms with Crippen molar-refractivity contribution in [2.75, 3.05) is 0 Å². The lowest BCUT2D eigenvalue weighted by Gasteiger charge is -2.35. The number of aromatic hydroxyl groups is 1. The molecule has 0 saturated carbocycles. The molecular weight excluding hydrogens is 212 g/mol. The number of carbonyl (C=O) groups is 1. The molecule has 1 aliphatic rings. The Kier molecular flexibility index (Phi) is 2.98. The molecule has 1 unspecified atom stereocenters. The first-order valence-corrected chi connectivity index (χ1v) is 6.35. The summed E-state index contributed by atoms with van der Waals surface area (Å²) in [6.07, 6.45) is 3.69. The highest BCUT2D eigenvalue weighted by Crippen LogP contribution is 2.42. The van der Waals surface area contributed by atoms with Crippen molar-refractivity contribution in [2.45, 2.75) is 51.9 Å². The molecule has 0 radical (unpaired) electrons. The molecule has 2 rings (SSSR count). The number of carbonyl (C=O) groups excluding carboxylic acids is 1. The first-order valence-electron chi connectivity index (χ1n) is 6.35. The first kappa shape index (κ1) is 12.2. The summed E-state index contributed by atoms with van der Waals surface area (Å²) >= 11 is 0. The summed E-state index contributed by atoms with van der Waals surface area (Å²) in [6.45, 7) is 6.21. The van der Waals surface area contributed by atoms with Gasteiger partial charge in [-0.25, -0.2) is 0 Å². The molecule has 0 heterocycles. The van der Waals surface area contributed by atoms with Crippen molar-refractivity contribution in [1.29, 1.82) is 0 Å². The van der Waals surface area contributed by atoms with Gasteiger partial charge in [-0.15, -0.1) is 0 Å². The Morgan fingerprint density at radius 2 is 2.12 bits per heavy atom. The molecule has 0 aliphatic heterocycles. The highest BCUT2D eigenvalue weighted by atomic mass is 16.3. The van der Waals surface area contributed by atoms with E-state index in [1.807, 2.05) is 13.0 Å². The van der Waals surface area contributed by atoms with Gasteiger partial charge in [-0.1, -0.05) is 20.3 Å². The maximum atomic E-state index is 12.0. The van der Waals surface area contributed by atoms with Gasteiger partial charge >= 0.3 is 0 Å². The third-order valence-corrected chi connectivity index (χ3v) is 3.99. The monoisotopic (exact) mass is 232 g/mol. The van der Waals surface area contributed by atoms with E-state index in [4.69, 9.17) is 0 Å². The molecule has 1 atom stereocenters.